The molecule has 5 rings (SSSR count). The van der Waals surface area contributed by atoms with E-state index in [1.165, 1.54) is 6.20 Å². The molecular weight excluding hydrogens is 393 g/mol. The fourth-order valence-electron chi connectivity index (χ4n) is 4.40. The van der Waals surface area contributed by atoms with E-state index >= 15 is 4.39 Å². The summed E-state index contributed by atoms with van der Waals surface area (Å²) < 4.78 is 21.5. The number of fused-ring (bicyclic) bond motifs is 2. The van der Waals surface area contributed by atoms with Crippen molar-refractivity contribution in [1.82, 2.24) is 19.9 Å². The maximum Gasteiger partial charge on any atom is 0.319 e. The summed E-state index contributed by atoms with van der Waals surface area (Å²) in [6.07, 6.45) is 3.73. The SMILES string of the molecule is Cc1cccc2cccc(-c3ncc4c(N)nc(OC[C@H]5CCCN5C)nc4c3F)c12. The van der Waals surface area contributed by atoms with Gasteiger partial charge in [-0.25, -0.2) is 4.39 Å². The van der Waals surface area contributed by atoms with E-state index < -0.39 is 5.82 Å². The summed E-state index contributed by atoms with van der Waals surface area (Å²) in [6, 6.07) is 12.2. The van der Waals surface area contributed by atoms with Crippen molar-refractivity contribution in [2.45, 2.75) is 25.8 Å². The summed E-state index contributed by atoms with van der Waals surface area (Å²) >= 11 is 0. The lowest BCUT2D eigenvalue weighted by Gasteiger charge is -2.19. The van der Waals surface area contributed by atoms with Crippen LogP contribution in [0.5, 0.6) is 6.01 Å². The van der Waals surface area contributed by atoms with E-state index in [1.54, 1.807) is 0 Å². The number of rotatable bonds is 4. The zero-order valence-electron chi connectivity index (χ0n) is 17.6. The number of aromatic nitrogens is 3. The molecule has 2 aromatic carbocycles. The number of anilines is 1. The minimum absolute atomic E-state index is 0.0930. The third kappa shape index (κ3) is 3.45. The molecule has 4 aromatic rings. The quantitative estimate of drug-likeness (QED) is 0.532. The highest BCUT2D eigenvalue weighted by Gasteiger charge is 2.23. The number of hydrogen-bond acceptors (Lipinski definition) is 6. The van der Waals surface area contributed by atoms with Gasteiger partial charge in [0.05, 0.1) is 5.39 Å². The molecule has 3 heterocycles. The molecule has 0 amide bonds. The summed E-state index contributed by atoms with van der Waals surface area (Å²) in [7, 11) is 2.07. The van der Waals surface area contributed by atoms with Gasteiger partial charge in [-0.15, -0.1) is 0 Å². The Morgan fingerprint density at radius 2 is 2.00 bits per heavy atom. The van der Waals surface area contributed by atoms with Crippen LogP contribution < -0.4 is 10.5 Å². The zero-order valence-corrected chi connectivity index (χ0v) is 17.6. The van der Waals surface area contributed by atoms with Gasteiger partial charge in [0.25, 0.3) is 0 Å². The van der Waals surface area contributed by atoms with Gasteiger partial charge in [-0.3, -0.25) is 4.98 Å². The van der Waals surface area contributed by atoms with Crippen LogP contribution in [-0.4, -0.2) is 46.1 Å². The number of aryl methyl sites for hydroxylation is 1. The number of pyridine rings is 1. The van der Waals surface area contributed by atoms with Crippen LogP contribution in [0.25, 0.3) is 32.9 Å². The number of likely N-dealkylation sites (N-methyl/N-ethyl adjacent to an activating group) is 1. The predicted octanol–water partition coefficient (Wildman–Crippen LogP) is 4.35. The van der Waals surface area contributed by atoms with Gasteiger partial charge in [0.1, 0.15) is 23.6 Å². The van der Waals surface area contributed by atoms with E-state index in [1.807, 2.05) is 43.3 Å². The number of nitrogens with two attached hydrogens (primary N) is 1. The maximum absolute atomic E-state index is 15.7. The lowest BCUT2D eigenvalue weighted by atomic mass is 9.97. The molecule has 1 aliphatic rings. The average molecular weight is 417 g/mol. The first kappa shape index (κ1) is 19.6. The lowest BCUT2D eigenvalue weighted by molar-refractivity contribution is 0.188. The second-order valence-corrected chi connectivity index (χ2v) is 8.14. The molecule has 2 N–H and O–H groups in total. The molecule has 1 saturated heterocycles. The summed E-state index contributed by atoms with van der Waals surface area (Å²) in [4.78, 5) is 15.2. The standard InChI is InChI=1S/C24H24FN5O/c1-14-6-3-7-15-8-4-10-17(19(14)15)21-20(25)22-18(12-27-21)23(26)29-24(28-22)31-13-16-9-5-11-30(16)2/h3-4,6-8,10,12,16H,5,9,11,13H2,1-2H3,(H2,26,28,29)/t16-/m1/s1. The van der Waals surface area contributed by atoms with E-state index in [4.69, 9.17) is 10.5 Å². The van der Waals surface area contributed by atoms with Crippen LogP contribution in [0.2, 0.25) is 0 Å². The van der Waals surface area contributed by atoms with Crippen LogP contribution in [0.15, 0.2) is 42.6 Å². The Kier molecular flexibility index (Phi) is 4.90. The molecule has 6 nitrogen and oxygen atoms in total. The van der Waals surface area contributed by atoms with Crippen molar-refractivity contribution in [2.24, 2.45) is 0 Å². The van der Waals surface area contributed by atoms with Gasteiger partial charge in [0.2, 0.25) is 0 Å². The van der Waals surface area contributed by atoms with Gasteiger partial charge in [0.15, 0.2) is 5.82 Å². The van der Waals surface area contributed by atoms with E-state index in [-0.39, 0.29) is 23.0 Å². The van der Waals surface area contributed by atoms with Crippen LogP contribution in [0.3, 0.4) is 0 Å². The van der Waals surface area contributed by atoms with E-state index in [0.717, 1.165) is 41.3 Å². The molecule has 7 heteroatoms. The Hall–Kier alpha value is -3.32. The summed E-state index contributed by atoms with van der Waals surface area (Å²) in [5.41, 5.74) is 8.24. The third-order valence-electron chi connectivity index (χ3n) is 6.14. The highest BCUT2D eigenvalue weighted by molar-refractivity contribution is 6.00. The topological polar surface area (TPSA) is 77.2 Å². The Morgan fingerprint density at radius 1 is 1.19 bits per heavy atom. The van der Waals surface area contributed by atoms with Gasteiger partial charge < -0.3 is 15.4 Å². The van der Waals surface area contributed by atoms with Gasteiger partial charge >= 0.3 is 6.01 Å². The first-order chi connectivity index (χ1) is 15.0. The fourth-order valence-corrected chi connectivity index (χ4v) is 4.40. The summed E-state index contributed by atoms with van der Waals surface area (Å²) in [5, 5.41) is 2.38. The van der Waals surface area contributed by atoms with Crippen LogP contribution >= 0.6 is 0 Å². The van der Waals surface area contributed by atoms with Crippen molar-refractivity contribution in [3.63, 3.8) is 0 Å². The number of halogens is 1. The number of nitrogen functional groups attached to an aromatic ring is 1. The van der Waals surface area contributed by atoms with Crippen molar-refractivity contribution in [2.75, 3.05) is 25.9 Å². The van der Waals surface area contributed by atoms with E-state index in [2.05, 4.69) is 26.9 Å². The van der Waals surface area contributed by atoms with Crippen molar-refractivity contribution in [3.8, 4) is 17.3 Å². The van der Waals surface area contributed by atoms with Crippen LogP contribution in [0.1, 0.15) is 18.4 Å². The Bertz CT molecular complexity index is 1290. The average Bonchev–Trinajstić information content (AvgIpc) is 3.18. The maximum atomic E-state index is 15.7. The summed E-state index contributed by atoms with van der Waals surface area (Å²) in [6.45, 7) is 3.50. The van der Waals surface area contributed by atoms with E-state index in [0.29, 0.717) is 18.0 Å². The molecule has 31 heavy (non-hydrogen) atoms. The molecule has 0 radical (unpaired) electrons. The van der Waals surface area contributed by atoms with Crippen molar-refractivity contribution in [1.29, 1.82) is 0 Å². The molecule has 0 bridgehead atoms. The van der Waals surface area contributed by atoms with Crippen LogP contribution in [0, 0.1) is 12.7 Å². The Morgan fingerprint density at radius 3 is 2.77 bits per heavy atom. The smallest absolute Gasteiger partial charge is 0.319 e. The van der Waals surface area contributed by atoms with Gasteiger partial charge in [-0.1, -0.05) is 36.4 Å². The monoisotopic (exact) mass is 417 g/mol. The molecule has 0 aliphatic carbocycles. The summed E-state index contributed by atoms with van der Waals surface area (Å²) in [5.74, 6) is -0.364. The predicted molar refractivity (Wildman–Crippen MR) is 121 cm³/mol. The highest BCUT2D eigenvalue weighted by atomic mass is 19.1. The zero-order chi connectivity index (χ0) is 21.5. The van der Waals surface area contributed by atoms with Crippen molar-refractivity contribution in [3.05, 3.63) is 54.0 Å². The Labute approximate surface area is 179 Å². The lowest BCUT2D eigenvalue weighted by Crippen LogP contribution is -2.30. The third-order valence-corrected chi connectivity index (χ3v) is 6.14. The van der Waals surface area contributed by atoms with Crippen LogP contribution in [0.4, 0.5) is 10.2 Å². The molecule has 158 valence electrons. The van der Waals surface area contributed by atoms with Gasteiger partial charge in [-0.2, -0.15) is 9.97 Å². The largest absolute Gasteiger partial charge is 0.462 e. The molecule has 0 saturated carbocycles. The molecule has 1 fully saturated rings. The van der Waals surface area contributed by atoms with Crippen molar-refractivity contribution >= 4 is 27.5 Å². The minimum Gasteiger partial charge on any atom is -0.462 e. The van der Waals surface area contributed by atoms with Crippen molar-refractivity contribution < 1.29 is 9.13 Å². The normalized spacial score (nSPS) is 16.9. The second kappa shape index (κ2) is 7.74. The van der Waals surface area contributed by atoms with E-state index in [9.17, 15) is 0 Å². The first-order valence-electron chi connectivity index (χ1n) is 10.5. The molecule has 2 aromatic heterocycles. The molecule has 0 unspecified atom stereocenters. The second-order valence-electron chi connectivity index (χ2n) is 8.14. The minimum atomic E-state index is -0.523. The van der Waals surface area contributed by atoms with Crippen LogP contribution in [-0.2, 0) is 0 Å². The van der Waals surface area contributed by atoms with Gasteiger partial charge in [0, 0.05) is 17.8 Å². The molecule has 1 atom stereocenters. The molecule has 1 aliphatic heterocycles. The molecule has 0 spiro atoms. The highest BCUT2D eigenvalue weighted by Crippen LogP contribution is 2.34. The molecular formula is C24H24FN5O. The number of hydrogen-bond donors (Lipinski definition) is 1. The van der Waals surface area contributed by atoms with Gasteiger partial charge in [-0.05, 0) is 49.7 Å². The number of ether oxygens (including phenoxy) is 1. The fraction of sp³-hybridized carbons (Fsp3) is 0.292. The Balaban J connectivity index is 1.59. The first-order valence-corrected chi connectivity index (χ1v) is 10.5. The number of nitrogens with zero attached hydrogens (tertiary/aromatic N) is 4. The number of benzene rings is 2. The number of likely N-dealkylation sites (tertiary alicyclic amines) is 1.